The number of nitriles is 1. The zero-order chi connectivity index (χ0) is 18.2. The number of hydrogen-bond acceptors (Lipinski definition) is 6. The van der Waals surface area contributed by atoms with Crippen molar-refractivity contribution >= 4 is 5.69 Å². The molecule has 0 aliphatic heterocycles. The van der Waals surface area contributed by atoms with Crippen LogP contribution in [0.1, 0.15) is 5.56 Å². The quantitative estimate of drug-likeness (QED) is 0.764. The smallest absolute Gasteiger partial charge is 0.203 e. The maximum atomic E-state index is 13.8. The molecule has 0 aliphatic carbocycles. The Kier molecular flexibility index (Phi) is 6.43. The molecule has 25 heavy (non-hydrogen) atoms. The standard InChI is InChI=1S/C18H19FN2O4/c1-23-16-4-3-5-17(24-2)18(16)25-11-13(22)10-21-15-7-6-12(9-20)8-14(15)19/h3-8,13,21-22H,10-11H2,1-2H3/t13-/m1/s1. The first-order valence-electron chi connectivity index (χ1n) is 7.54. The highest BCUT2D eigenvalue weighted by molar-refractivity contribution is 5.51. The molecule has 0 saturated carbocycles. The maximum absolute atomic E-state index is 13.8. The van der Waals surface area contributed by atoms with E-state index in [2.05, 4.69) is 5.32 Å². The molecule has 0 aliphatic rings. The van der Waals surface area contributed by atoms with Gasteiger partial charge < -0.3 is 24.6 Å². The number of anilines is 1. The predicted molar refractivity (Wildman–Crippen MR) is 90.7 cm³/mol. The third-order valence-electron chi connectivity index (χ3n) is 3.43. The second-order valence-corrected chi connectivity index (χ2v) is 5.14. The number of nitrogens with zero attached hydrogens (tertiary/aromatic N) is 1. The summed E-state index contributed by atoms with van der Waals surface area (Å²) in [7, 11) is 3.01. The summed E-state index contributed by atoms with van der Waals surface area (Å²) < 4.78 is 29.8. The Bertz CT molecular complexity index is 739. The molecule has 1 atom stereocenters. The minimum Gasteiger partial charge on any atom is -0.493 e. The Morgan fingerprint density at radius 3 is 2.44 bits per heavy atom. The first-order chi connectivity index (χ1) is 12.1. The third-order valence-corrected chi connectivity index (χ3v) is 3.43. The van der Waals surface area contributed by atoms with E-state index in [0.29, 0.717) is 17.2 Å². The van der Waals surface area contributed by atoms with Crippen LogP contribution in [0.25, 0.3) is 0 Å². The van der Waals surface area contributed by atoms with Gasteiger partial charge in [-0.2, -0.15) is 5.26 Å². The van der Waals surface area contributed by atoms with Crippen molar-refractivity contribution < 1.29 is 23.7 Å². The Labute approximate surface area is 145 Å². The van der Waals surface area contributed by atoms with Gasteiger partial charge in [0.15, 0.2) is 11.5 Å². The van der Waals surface area contributed by atoms with Crippen molar-refractivity contribution in [1.82, 2.24) is 0 Å². The number of benzene rings is 2. The largest absolute Gasteiger partial charge is 0.493 e. The molecule has 2 aromatic rings. The Morgan fingerprint density at radius 2 is 1.88 bits per heavy atom. The molecule has 2 rings (SSSR count). The molecule has 6 nitrogen and oxygen atoms in total. The third kappa shape index (κ3) is 4.75. The molecule has 0 spiro atoms. The van der Waals surface area contributed by atoms with Gasteiger partial charge in [0.05, 0.1) is 31.5 Å². The van der Waals surface area contributed by atoms with E-state index in [9.17, 15) is 9.50 Å². The highest BCUT2D eigenvalue weighted by atomic mass is 19.1. The number of aliphatic hydroxyl groups is 1. The SMILES string of the molecule is COc1cccc(OC)c1OC[C@H](O)CNc1ccc(C#N)cc1F. The van der Waals surface area contributed by atoms with Gasteiger partial charge >= 0.3 is 0 Å². The topological polar surface area (TPSA) is 83.7 Å². The van der Waals surface area contributed by atoms with E-state index < -0.39 is 11.9 Å². The van der Waals surface area contributed by atoms with E-state index in [0.717, 1.165) is 6.07 Å². The second-order valence-electron chi connectivity index (χ2n) is 5.14. The molecule has 0 aromatic heterocycles. The zero-order valence-electron chi connectivity index (χ0n) is 14.0. The lowest BCUT2D eigenvalue weighted by Crippen LogP contribution is -2.26. The molecule has 0 fully saturated rings. The summed E-state index contributed by atoms with van der Waals surface area (Å²) in [5.74, 6) is 0.796. The summed E-state index contributed by atoms with van der Waals surface area (Å²) >= 11 is 0. The van der Waals surface area contributed by atoms with E-state index in [1.807, 2.05) is 6.07 Å². The minimum absolute atomic E-state index is 0.0400. The van der Waals surface area contributed by atoms with Crippen LogP contribution in [0, 0.1) is 17.1 Å². The summed E-state index contributed by atoms with van der Waals surface area (Å²) in [5.41, 5.74) is 0.433. The van der Waals surface area contributed by atoms with Crippen molar-refractivity contribution in [3.63, 3.8) is 0 Å². The van der Waals surface area contributed by atoms with Gasteiger partial charge in [-0.25, -0.2) is 4.39 Å². The van der Waals surface area contributed by atoms with Gasteiger partial charge in [-0.15, -0.1) is 0 Å². The fourth-order valence-electron chi connectivity index (χ4n) is 2.15. The number of aliphatic hydroxyl groups excluding tert-OH is 1. The van der Waals surface area contributed by atoms with Gasteiger partial charge in [0.1, 0.15) is 18.5 Å². The molecule has 0 unspecified atom stereocenters. The first-order valence-corrected chi connectivity index (χ1v) is 7.54. The molecule has 2 aromatic carbocycles. The van der Waals surface area contributed by atoms with Crippen LogP contribution in [0.5, 0.6) is 17.2 Å². The molecule has 2 N–H and O–H groups in total. The molecule has 0 radical (unpaired) electrons. The molecular formula is C18H19FN2O4. The van der Waals surface area contributed by atoms with Gasteiger partial charge in [-0.1, -0.05) is 6.07 Å². The van der Waals surface area contributed by atoms with Crippen molar-refractivity contribution in [2.75, 3.05) is 32.7 Å². The lowest BCUT2D eigenvalue weighted by Gasteiger charge is -2.17. The summed E-state index contributed by atoms with van der Waals surface area (Å²) in [5, 5.41) is 21.5. The number of halogens is 1. The summed E-state index contributed by atoms with van der Waals surface area (Å²) in [6.07, 6.45) is -0.898. The fourth-order valence-corrected chi connectivity index (χ4v) is 2.15. The highest BCUT2D eigenvalue weighted by Gasteiger charge is 2.14. The zero-order valence-corrected chi connectivity index (χ0v) is 14.0. The first kappa shape index (κ1) is 18.4. The van der Waals surface area contributed by atoms with Crippen molar-refractivity contribution in [1.29, 1.82) is 5.26 Å². The van der Waals surface area contributed by atoms with Crippen molar-refractivity contribution in [3.8, 4) is 23.3 Å². The van der Waals surface area contributed by atoms with Crippen LogP contribution < -0.4 is 19.5 Å². The van der Waals surface area contributed by atoms with Gasteiger partial charge in [0, 0.05) is 6.54 Å². The van der Waals surface area contributed by atoms with Crippen LogP contribution in [0.2, 0.25) is 0 Å². The average Bonchev–Trinajstić information content (AvgIpc) is 2.64. The summed E-state index contributed by atoms with van der Waals surface area (Å²) in [4.78, 5) is 0. The van der Waals surface area contributed by atoms with Gasteiger partial charge in [-0.05, 0) is 30.3 Å². The molecule has 7 heteroatoms. The van der Waals surface area contributed by atoms with Crippen LogP contribution in [-0.4, -0.2) is 38.6 Å². The van der Waals surface area contributed by atoms with Gasteiger partial charge in [0.2, 0.25) is 5.75 Å². The number of para-hydroxylation sites is 1. The molecule has 0 heterocycles. The lowest BCUT2D eigenvalue weighted by molar-refractivity contribution is 0.113. The number of nitrogens with one attached hydrogen (secondary N) is 1. The van der Waals surface area contributed by atoms with Crippen LogP contribution in [0.15, 0.2) is 36.4 Å². The number of methoxy groups -OCH3 is 2. The normalized spacial score (nSPS) is 11.3. The monoisotopic (exact) mass is 346 g/mol. The fraction of sp³-hybridized carbons (Fsp3) is 0.278. The highest BCUT2D eigenvalue weighted by Crippen LogP contribution is 2.36. The maximum Gasteiger partial charge on any atom is 0.203 e. The summed E-state index contributed by atoms with van der Waals surface area (Å²) in [6.45, 7) is 0.0297. The molecule has 0 amide bonds. The van der Waals surface area contributed by atoms with Crippen LogP contribution in [-0.2, 0) is 0 Å². The van der Waals surface area contributed by atoms with E-state index in [1.165, 1.54) is 26.4 Å². The minimum atomic E-state index is -0.898. The van der Waals surface area contributed by atoms with Crippen LogP contribution in [0.4, 0.5) is 10.1 Å². The van der Waals surface area contributed by atoms with E-state index in [4.69, 9.17) is 19.5 Å². The Balaban J connectivity index is 1.94. The number of rotatable bonds is 8. The van der Waals surface area contributed by atoms with E-state index >= 15 is 0 Å². The summed E-state index contributed by atoms with van der Waals surface area (Å²) in [6, 6.07) is 11.1. The van der Waals surface area contributed by atoms with Crippen molar-refractivity contribution in [3.05, 3.63) is 47.8 Å². The molecule has 0 bridgehead atoms. The van der Waals surface area contributed by atoms with Crippen molar-refractivity contribution in [2.24, 2.45) is 0 Å². The predicted octanol–water partition coefficient (Wildman–Crippen LogP) is 2.57. The van der Waals surface area contributed by atoms with Crippen LogP contribution >= 0.6 is 0 Å². The van der Waals surface area contributed by atoms with E-state index in [1.54, 1.807) is 18.2 Å². The van der Waals surface area contributed by atoms with E-state index in [-0.39, 0.29) is 24.4 Å². The lowest BCUT2D eigenvalue weighted by atomic mass is 10.2. The Hall–Kier alpha value is -2.98. The molecule has 132 valence electrons. The number of hydrogen-bond donors (Lipinski definition) is 2. The van der Waals surface area contributed by atoms with Crippen molar-refractivity contribution in [2.45, 2.75) is 6.10 Å². The molecule has 0 saturated heterocycles. The second kappa shape index (κ2) is 8.76. The number of ether oxygens (including phenoxy) is 3. The molecular weight excluding hydrogens is 327 g/mol. The van der Waals surface area contributed by atoms with Gasteiger partial charge in [-0.3, -0.25) is 0 Å². The average molecular weight is 346 g/mol. The van der Waals surface area contributed by atoms with Gasteiger partial charge in [0.25, 0.3) is 0 Å². The van der Waals surface area contributed by atoms with Crippen LogP contribution in [0.3, 0.4) is 0 Å². The Morgan fingerprint density at radius 1 is 1.20 bits per heavy atom.